The van der Waals surface area contributed by atoms with E-state index in [2.05, 4.69) is 6.58 Å². The molecule has 136 valence electrons. The van der Waals surface area contributed by atoms with E-state index in [1.54, 1.807) is 33.2 Å². The topological polar surface area (TPSA) is 38.8 Å². The molecule has 4 heteroatoms. The van der Waals surface area contributed by atoms with Crippen LogP contribution in [0, 0.1) is 0 Å². The molecule has 1 aromatic rings. The van der Waals surface area contributed by atoms with E-state index in [4.69, 9.17) is 9.47 Å². The zero-order valence-electron chi connectivity index (χ0n) is 16.5. The number of benzene rings is 1. The van der Waals surface area contributed by atoms with Crippen LogP contribution in [0.3, 0.4) is 0 Å². The number of amides is 1. The third-order valence-corrected chi connectivity index (χ3v) is 4.46. The van der Waals surface area contributed by atoms with Crippen molar-refractivity contribution in [2.24, 2.45) is 0 Å². The van der Waals surface area contributed by atoms with Crippen LogP contribution in [0.4, 0.5) is 0 Å². The zero-order valence-corrected chi connectivity index (χ0v) is 16.5. The fourth-order valence-corrected chi connectivity index (χ4v) is 1.70. The van der Waals surface area contributed by atoms with Crippen LogP contribution in [-0.2, 0) is 15.9 Å². The van der Waals surface area contributed by atoms with Crippen LogP contribution in [0.2, 0.25) is 0 Å². The molecule has 1 amide bonds. The van der Waals surface area contributed by atoms with Crippen molar-refractivity contribution >= 4 is 5.91 Å². The number of carbonyl (C=O) groups is 1. The minimum Gasteiger partial charge on any atom is -0.376 e. The lowest BCUT2D eigenvalue weighted by atomic mass is 9.89. The predicted octanol–water partition coefficient (Wildman–Crippen LogP) is 3.95. The van der Waals surface area contributed by atoms with E-state index in [0.29, 0.717) is 0 Å². The Hall–Kier alpha value is -1.65. The van der Waals surface area contributed by atoms with Crippen LogP contribution in [0.25, 0.3) is 0 Å². The van der Waals surface area contributed by atoms with E-state index < -0.39 is 0 Å². The van der Waals surface area contributed by atoms with Gasteiger partial charge < -0.3 is 14.4 Å². The van der Waals surface area contributed by atoms with Gasteiger partial charge in [-0.25, -0.2) is 0 Å². The van der Waals surface area contributed by atoms with Crippen molar-refractivity contribution in [1.82, 2.24) is 4.90 Å². The lowest BCUT2D eigenvalue weighted by Gasteiger charge is -2.38. The Labute approximate surface area is 147 Å². The van der Waals surface area contributed by atoms with Gasteiger partial charge in [-0.1, -0.05) is 18.2 Å². The molecule has 0 heterocycles. The van der Waals surface area contributed by atoms with Gasteiger partial charge in [0.25, 0.3) is 5.91 Å². The number of ether oxygens (including phenoxy) is 2. The third-order valence-electron chi connectivity index (χ3n) is 4.46. The molecule has 0 N–H and O–H groups in total. The summed E-state index contributed by atoms with van der Waals surface area (Å²) in [5.41, 5.74) is 1.43. The molecular weight excluding hydrogens is 302 g/mol. The molecule has 1 aromatic carbocycles. The molecule has 1 rings (SSSR count). The normalized spacial score (nSPS) is 11.3. The van der Waals surface area contributed by atoms with Crippen LogP contribution in [0.5, 0.6) is 0 Å². The standard InChI is InChI=1S/C12H15NO.C8H18O2/c1-4-5-10-6-8-11(9-7-10)12(14)13(2)3;1-7(2,9-5)8(3,4)10-6/h4,6-9H,1,5H2,2-3H3;1-6H3. The maximum Gasteiger partial charge on any atom is 0.253 e. The Balaban J connectivity index is 0.000000470. The zero-order chi connectivity index (χ0) is 19.0. The number of allylic oxidation sites excluding steroid dienone is 1. The highest BCUT2D eigenvalue weighted by atomic mass is 16.5. The fourth-order valence-electron chi connectivity index (χ4n) is 1.70. The minimum absolute atomic E-state index is 0.0372. The number of rotatable bonds is 6. The SMILES string of the molecule is C=CCc1ccc(C(=O)N(C)C)cc1.COC(C)(C)C(C)(C)OC. The lowest BCUT2D eigenvalue weighted by molar-refractivity contribution is -0.147. The molecule has 4 nitrogen and oxygen atoms in total. The highest BCUT2D eigenvalue weighted by molar-refractivity contribution is 5.93. The quantitative estimate of drug-likeness (QED) is 0.739. The van der Waals surface area contributed by atoms with Crippen molar-refractivity contribution in [2.75, 3.05) is 28.3 Å². The van der Waals surface area contributed by atoms with Gasteiger partial charge in [-0.2, -0.15) is 0 Å². The first-order chi connectivity index (χ1) is 11.0. The summed E-state index contributed by atoms with van der Waals surface area (Å²) in [6.07, 6.45) is 2.69. The number of carbonyl (C=O) groups excluding carboxylic acids is 1. The molecule has 0 radical (unpaired) electrons. The summed E-state index contributed by atoms with van der Waals surface area (Å²) in [6.45, 7) is 11.7. The van der Waals surface area contributed by atoms with Crippen molar-refractivity contribution in [3.63, 3.8) is 0 Å². The van der Waals surface area contributed by atoms with Gasteiger partial charge in [0.1, 0.15) is 0 Å². The van der Waals surface area contributed by atoms with E-state index >= 15 is 0 Å². The van der Waals surface area contributed by atoms with Gasteiger partial charge in [0.05, 0.1) is 11.2 Å². The average molecular weight is 335 g/mol. The van der Waals surface area contributed by atoms with Gasteiger partial charge >= 0.3 is 0 Å². The Morgan fingerprint density at radius 3 is 1.75 bits per heavy atom. The van der Waals surface area contributed by atoms with E-state index in [-0.39, 0.29) is 17.1 Å². The average Bonchev–Trinajstić information content (AvgIpc) is 2.55. The van der Waals surface area contributed by atoms with E-state index in [0.717, 1.165) is 12.0 Å². The van der Waals surface area contributed by atoms with Crippen molar-refractivity contribution in [3.05, 3.63) is 48.0 Å². The summed E-state index contributed by atoms with van der Waals surface area (Å²) in [5, 5.41) is 0. The van der Waals surface area contributed by atoms with Crippen LogP contribution >= 0.6 is 0 Å². The molecule has 0 aliphatic rings. The van der Waals surface area contributed by atoms with Gasteiger partial charge in [0.2, 0.25) is 0 Å². The molecular formula is C20H33NO3. The predicted molar refractivity (Wildman–Crippen MR) is 101 cm³/mol. The molecule has 0 unspecified atom stereocenters. The summed E-state index contributed by atoms with van der Waals surface area (Å²) in [4.78, 5) is 13.1. The summed E-state index contributed by atoms with van der Waals surface area (Å²) < 4.78 is 10.5. The Kier molecular flexibility index (Phi) is 8.94. The maximum atomic E-state index is 11.5. The Morgan fingerprint density at radius 2 is 1.46 bits per heavy atom. The van der Waals surface area contributed by atoms with E-state index in [1.165, 1.54) is 5.56 Å². The number of hydrogen-bond acceptors (Lipinski definition) is 3. The molecule has 24 heavy (non-hydrogen) atoms. The first-order valence-corrected chi connectivity index (χ1v) is 8.04. The maximum absolute atomic E-state index is 11.5. The Bertz CT molecular complexity index is 502. The largest absolute Gasteiger partial charge is 0.376 e. The number of hydrogen-bond donors (Lipinski definition) is 0. The minimum atomic E-state index is -0.234. The van der Waals surface area contributed by atoms with Crippen LogP contribution in [0.1, 0.15) is 43.6 Å². The second-order valence-electron chi connectivity index (χ2n) is 6.82. The number of nitrogens with zero attached hydrogens (tertiary/aromatic N) is 1. The monoisotopic (exact) mass is 335 g/mol. The van der Waals surface area contributed by atoms with Gasteiger partial charge in [-0.05, 0) is 51.8 Å². The molecule has 0 spiro atoms. The van der Waals surface area contributed by atoms with Gasteiger partial charge in [-0.3, -0.25) is 4.79 Å². The van der Waals surface area contributed by atoms with Crippen molar-refractivity contribution < 1.29 is 14.3 Å². The smallest absolute Gasteiger partial charge is 0.253 e. The van der Waals surface area contributed by atoms with Gasteiger partial charge in [0.15, 0.2) is 0 Å². The van der Waals surface area contributed by atoms with Gasteiger partial charge in [0, 0.05) is 33.9 Å². The second-order valence-corrected chi connectivity index (χ2v) is 6.82. The molecule has 0 saturated carbocycles. The van der Waals surface area contributed by atoms with Crippen molar-refractivity contribution in [3.8, 4) is 0 Å². The van der Waals surface area contributed by atoms with Crippen LogP contribution in [0.15, 0.2) is 36.9 Å². The first kappa shape index (κ1) is 22.4. The number of methoxy groups -OCH3 is 2. The first-order valence-electron chi connectivity index (χ1n) is 8.04. The molecule has 0 saturated heterocycles. The summed E-state index contributed by atoms with van der Waals surface area (Å²) in [5.74, 6) is 0.0372. The molecule has 0 aromatic heterocycles. The molecule has 0 bridgehead atoms. The van der Waals surface area contributed by atoms with Crippen LogP contribution in [-0.4, -0.2) is 50.3 Å². The lowest BCUT2D eigenvalue weighted by Crippen LogP contribution is -2.48. The third kappa shape index (κ3) is 6.46. The summed E-state index contributed by atoms with van der Waals surface area (Å²) in [7, 11) is 6.89. The molecule has 0 aliphatic heterocycles. The van der Waals surface area contributed by atoms with E-state index in [1.807, 2.05) is 58.0 Å². The Morgan fingerprint density at radius 1 is 1.04 bits per heavy atom. The highest BCUT2D eigenvalue weighted by Crippen LogP contribution is 2.27. The second kappa shape index (κ2) is 9.60. The molecule has 0 fully saturated rings. The van der Waals surface area contributed by atoms with Crippen molar-refractivity contribution in [1.29, 1.82) is 0 Å². The van der Waals surface area contributed by atoms with E-state index in [9.17, 15) is 4.79 Å². The highest BCUT2D eigenvalue weighted by Gasteiger charge is 2.36. The fraction of sp³-hybridized carbons (Fsp3) is 0.550. The molecule has 0 atom stereocenters. The molecule has 0 aliphatic carbocycles. The summed E-state index contributed by atoms with van der Waals surface area (Å²) in [6, 6.07) is 7.61. The van der Waals surface area contributed by atoms with Crippen LogP contribution < -0.4 is 0 Å². The van der Waals surface area contributed by atoms with Crippen molar-refractivity contribution in [2.45, 2.75) is 45.3 Å². The van der Waals surface area contributed by atoms with Gasteiger partial charge in [-0.15, -0.1) is 6.58 Å². The summed E-state index contributed by atoms with van der Waals surface area (Å²) >= 11 is 0.